The minimum absolute atomic E-state index is 0. The Labute approximate surface area is 129 Å². The van der Waals surface area contributed by atoms with Gasteiger partial charge in [0.25, 0.3) is 0 Å². The molecule has 0 atom stereocenters. The maximum atomic E-state index is 5.41. The molecule has 1 N–H and O–H groups in total. The number of hydrogen-bond acceptors (Lipinski definition) is 5. The predicted octanol–water partition coefficient (Wildman–Crippen LogP) is 3.01. The normalized spacial score (nSPS) is 17.1. The Morgan fingerprint density at radius 1 is 1.45 bits per heavy atom. The second-order valence-corrected chi connectivity index (χ2v) is 5.95. The van der Waals surface area contributed by atoms with Crippen molar-refractivity contribution < 1.29 is 4.52 Å². The molecule has 1 saturated heterocycles. The minimum Gasteiger partial charge on any atom is -0.355 e. The van der Waals surface area contributed by atoms with Crippen LogP contribution in [0.4, 0.5) is 0 Å². The van der Waals surface area contributed by atoms with Crippen molar-refractivity contribution in [2.24, 2.45) is 0 Å². The van der Waals surface area contributed by atoms with E-state index in [-0.39, 0.29) is 12.4 Å². The molecule has 3 heterocycles. The van der Waals surface area contributed by atoms with E-state index >= 15 is 0 Å². The standard InChI is InChI=1S/C14H19N3OS.ClH/c1-15-11-4-6-17(7-5-11)10-12-9-13(18-16-12)14-3-2-8-19-14;/h2-3,8-9,11,15H,4-7,10H2,1H3;1H. The molecular weight excluding hydrogens is 294 g/mol. The van der Waals surface area contributed by atoms with E-state index < -0.39 is 0 Å². The molecule has 1 fully saturated rings. The SMILES string of the molecule is CNC1CCN(Cc2cc(-c3cccs3)on2)CC1.Cl. The first-order valence-electron chi connectivity index (χ1n) is 6.74. The topological polar surface area (TPSA) is 41.3 Å². The van der Waals surface area contributed by atoms with Crippen LogP contribution in [0.5, 0.6) is 0 Å². The summed E-state index contributed by atoms with van der Waals surface area (Å²) in [5.41, 5.74) is 1.03. The zero-order valence-electron chi connectivity index (χ0n) is 11.5. The molecule has 110 valence electrons. The summed E-state index contributed by atoms with van der Waals surface area (Å²) in [6, 6.07) is 6.84. The highest BCUT2D eigenvalue weighted by molar-refractivity contribution is 7.13. The van der Waals surface area contributed by atoms with Gasteiger partial charge in [0, 0.05) is 31.7 Å². The van der Waals surface area contributed by atoms with Crippen molar-refractivity contribution in [3.05, 3.63) is 29.3 Å². The molecule has 2 aromatic heterocycles. The maximum Gasteiger partial charge on any atom is 0.177 e. The molecule has 4 nitrogen and oxygen atoms in total. The van der Waals surface area contributed by atoms with Crippen molar-refractivity contribution in [1.82, 2.24) is 15.4 Å². The van der Waals surface area contributed by atoms with Crippen LogP contribution in [-0.2, 0) is 6.54 Å². The number of likely N-dealkylation sites (tertiary alicyclic amines) is 1. The van der Waals surface area contributed by atoms with E-state index in [1.807, 2.05) is 13.1 Å². The monoisotopic (exact) mass is 313 g/mol. The molecule has 0 aliphatic carbocycles. The Morgan fingerprint density at radius 3 is 2.90 bits per heavy atom. The Balaban J connectivity index is 0.00000147. The van der Waals surface area contributed by atoms with Crippen LogP contribution in [0, 0.1) is 0 Å². The molecule has 0 saturated carbocycles. The van der Waals surface area contributed by atoms with E-state index in [0.29, 0.717) is 6.04 Å². The van der Waals surface area contributed by atoms with Gasteiger partial charge in [0.05, 0.1) is 10.6 Å². The molecule has 6 heteroatoms. The fourth-order valence-corrected chi connectivity index (χ4v) is 3.20. The van der Waals surface area contributed by atoms with Crippen molar-refractivity contribution in [2.75, 3.05) is 20.1 Å². The number of piperidine rings is 1. The first kappa shape index (κ1) is 15.5. The van der Waals surface area contributed by atoms with E-state index in [1.54, 1.807) is 11.3 Å². The number of hydrogen-bond donors (Lipinski definition) is 1. The lowest BCUT2D eigenvalue weighted by molar-refractivity contribution is 0.190. The van der Waals surface area contributed by atoms with Crippen molar-refractivity contribution in [1.29, 1.82) is 0 Å². The van der Waals surface area contributed by atoms with E-state index in [4.69, 9.17) is 4.52 Å². The van der Waals surface area contributed by atoms with Gasteiger partial charge >= 0.3 is 0 Å². The van der Waals surface area contributed by atoms with Gasteiger partial charge in [-0.25, -0.2) is 0 Å². The molecule has 0 bridgehead atoms. The third kappa shape index (κ3) is 3.61. The van der Waals surface area contributed by atoms with Crippen molar-refractivity contribution in [3.8, 4) is 10.6 Å². The number of aromatic nitrogens is 1. The van der Waals surface area contributed by atoms with Crippen molar-refractivity contribution >= 4 is 23.7 Å². The highest BCUT2D eigenvalue weighted by Crippen LogP contribution is 2.25. The van der Waals surface area contributed by atoms with Crippen LogP contribution in [-0.4, -0.2) is 36.2 Å². The largest absolute Gasteiger partial charge is 0.355 e. The van der Waals surface area contributed by atoms with Gasteiger partial charge in [-0.2, -0.15) is 0 Å². The summed E-state index contributed by atoms with van der Waals surface area (Å²) in [7, 11) is 2.05. The van der Waals surface area contributed by atoms with Gasteiger partial charge in [-0.3, -0.25) is 4.90 Å². The Bertz CT molecular complexity index is 506. The molecule has 3 rings (SSSR count). The van der Waals surface area contributed by atoms with Crippen LogP contribution in [0.2, 0.25) is 0 Å². The maximum absolute atomic E-state index is 5.41. The zero-order valence-corrected chi connectivity index (χ0v) is 13.2. The van der Waals surface area contributed by atoms with E-state index in [9.17, 15) is 0 Å². The Kier molecular flexibility index (Phi) is 5.60. The Morgan fingerprint density at radius 2 is 2.25 bits per heavy atom. The van der Waals surface area contributed by atoms with Gasteiger partial charge in [0.2, 0.25) is 0 Å². The molecule has 0 aromatic carbocycles. The van der Waals surface area contributed by atoms with Crippen LogP contribution < -0.4 is 5.32 Å². The minimum atomic E-state index is 0. The number of halogens is 1. The first-order chi connectivity index (χ1) is 9.35. The molecule has 0 spiro atoms. The summed E-state index contributed by atoms with van der Waals surface area (Å²) >= 11 is 1.68. The summed E-state index contributed by atoms with van der Waals surface area (Å²) in [6.07, 6.45) is 2.43. The third-order valence-electron chi connectivity index (χ3n) is 3.70. The lowest BCUT2D eigenvalue weighted by Gasteiger charge is -2.30. The number of nitrogens with zero attached hydrogens (tertiary/aromatic N) is 2. The van der Waals surface area contributed by atoms with Crippen LogP contribution in [0.3, 0.4) is 0 Å². The quantitative estimate of drug-likeness (QED) is 0.942. The summed E-state index contributed by atoms with van der Waals surface area (Å²) in [5, 5.41) is 9.59. The lowest BCUT2D eigenvalue weighted by Crippen LogP contribution is -2.40. The number of nitrogens with one attached hydrogen (secondary N) is 1. The molecule has 20 heavy (non-hydrogen) atoms. The average molecular weight is 314 g/mol. The second-order valence-electron chi connectivity index (χ2n) is 5.00. The second kappa shape index (κ2) is 7.22. The summed E-state index contributed by atoms with van der Waals surface area (Å²) in [5.74, 6) is 0.884. The fourth-order valence-electron chi connectivity index (χ4n) is 2.53. The van der Waals surface area contributed by atoms with E-state index in [0.717, 1.165) is 36.0 Å². The number of thiophene rings is 1. The molecule has 0 radical (unpaired) electrons. The average Bonchev–Trinajstić information content (AvgIpc) is 3.10. The van der Waals surface area contributed by atoms with Crippen LogP contribution >= 0.6 is 23.7 Å². The van der Waals surface area contributed by atoms with Crippen molar-refractivity contribution in [2.45, 2.75) is 25.4 Å². The van der Waals surface area contributed by atoms with Gasteiger partial charge in [-0.1, -0.05) is 11.2 Å². The van der Waals surface area contributed by atoms with Gasteiger partial charge in [-0.05, 0) is 31.3 Å². The Hall–Kier alpha value is -0.880. The number of rotatable bonds is 4. The molecule has 1 aliphatic heterocycles. The summed E-state index contributed by atoms with van der Waals surface area (Å²) < 4.78 is 5.41. The molecular formula is C14H20ClN3OS. The first-order valence-corrected chi connectivity index (χ1v) is 7.62. The highest BCUT2D eigenvalue weighted by atomic mass is 35.5. The lowest BCUT2D eigenvalue weighted by atomic mass is 10.1. The predicted molar refractivity (Wildman–Crippen MR) is 84.4 cm³/mol. The molecule has 0 unspecified atom stereocenters. The van der Waals surface area contributed by atoms with Gasteiger partial charge < -0.3 is 9.84 Å². The fraction of sp³-hybridized carbons (Fsp3) is 0.500. The smallest absolute Gasteiger partial charge is 0.177 e. The van der Waals surface area contributed by atoms with Crippen LogP contribution in [0.25, 0.3) is 10.6 Å². The zero-order chi connectivity index (χ0) is 13.1. The van der Waals surface area contributed by atoms with Gasteiger partial charge in [0.15, 0.2) is 5.76 Å². The molecule has 1 aliphatic rings. The van der Waals surface area contributed by atoms with Crippen LogP contribution in [0.1, 0.15) is 18.5 Å². The summed E-state index contributed by atoms with van der Waals surface area (Å²) in [4.78, 5) is 3.59. The van der Waals surface area contributed by atoms with Gasteiger partial charge in [-0.15, -0.1) is 23.7 Å². The summed E-state index contributed by atoms with van der Waals surface area (Å²) in [6.45, 7) is 3.16. The molecule has 0 amide bonds. The van der Waals surface area contributed by atoms with Crippen LogP contribution in [0.15, 0.2) is 28.1 Å². The highest BCUT2D eigenvalue weighted by Gasteiger charge is 2.19. The van der Waals surface area contributed by atoms with E-state index in [2.05, 4.69) is 32.9 Å². The van der Waals surface area contributed by atoms with Gasteiger partial charge in [0.1, 0.15) is 0 Å². The molecule has 2 aromatic rings. The third-order valence-corrected chi connectivity index (χ3v) is 4.59. The van der Waals surface area contributed by atoms with Crippen molar-refractivity contribution in [3.63, 3.8) is 0 Å². The van der Waals surface area contributed by atoms with E-state index in [1.165, 1.54) is 12.8 Å².